The third-order valence-corrected chi connectivity index (χ3v) is 3.58. The molecular formula is C15H21NO3. The van der Waals surface area contributed by atoms with Crippen LogP contribution in [0, 0.1) is 0 Å². The zero-order valence-electron chi connectivity index (χ0n) is 11.5. The number of carbonyl (C=O) groups excluding carboxylic acids is 1. The first-order valence-corrected chi connectivity index (χ1v) is 6.71. The molecule has 2 rings (SSSR count). The predicted molar refractivity (Wildman–Crippen MR) is 73.9 cm³/mol. The molecule has 0 saturated heterocycles. The quantitative estimate of drug-likeness (QED) is 0.848. The molecule has 0 aromatic heterocycles. The molecule has 0 unspecified atom stereocenters. The first kappa shape index (κ1) is 13.9. The van der Waals surface area contributed by atoms with E-state index in [1.54, 1.807) is 32.2 Å². The van der Waals surface area contributed by atoms with Crippen molar-refractivity contribution in [2.45, 2.75) is 44.8 Å². The summed E-state index contributed by atoms with van der Waals surface area (Å²) in [6.45, 7) is 1.55. The number of methoxy groups -OCH3 is 1. The van der Waals surface area contributed by atoms with Gasteiger partial charge in [-0.1, -0.05) is 0 Å². The van der Waals surface area contributed by atoms with Crippen LogP contribution in [0.4, 0.5) is 0 Å². The number of hydrogen-bond donors (Lipinski definition) is 1. The lowest BCUT2D eigenvalue weighted by Crippen LogP contribution is -2.31. The minimum absolute atomic E-state index is 0.0261. The van der Waals surface area contributed by atoms with E-state index in [-0.39, 0.29) is 11.9 Å². The Hall–Kier alpha value is -1.55. The van der Waals surface area contributed by atoms with E-state index < -0.39 is 0 Å². The van der Waals surface area contributed by atoms with Crippen LogP contribution in [0.5, 0.6) is 11.5 Å². The molecule has 19 heavy (non-hydrogen) atoms. The summed E-state index contributed by atoms with van der Waals surface area (Å²) in [5.41, 5.74) is 6.53. The van der Waals surface area contributed by atoms with Crippen LogP contribution in [-0.2, 0) is 0 Å². The summed E-state index contributed by atoms with van der Waals surface area (Å²) < 4.78 is 11.3. The van der Waals surface area contributed by atoms with Crippen molar-refractivity contribution in [1.29, 1.82) is 0 Å². The summed E-state index contributed by atoms with van der Waals surface area (Å²) in [7, 11) is 1.60. The van der Waals surface area contributed by atoms with Gasteiger partial charge in [-0.15, -0.1) is 0 Å². The SMILES string of the molecule is COc1ccc(C(C)=O)cc1OC1CCC(N)CC1. The highest BCUT2D eigenvalue weighted by atomic mass is 16.5. The van der Waals surface area contributed by atoms with E-state index in [0.717, 1.165) is 25.7 Å². The molecule has 1 aromatic carbocycles. The van der Waals surface area contributed by atoms with Crippen molar-refractivity contribution in [2.24, 2.45) is 5.73 Å². The van der Waals surface area contributed by atoms with Crippen molar-refractivity contribution < 1.29 is 14.3 Å². The average Bonchev–Trinajstić information content (AvgIpc) is 2.41. The van der Waals surface area contributed by atoms with Crippen LogP contribution in [0.2, 0.25) is 0 Å². The Balaban J connectivity index is 2.13. The summed E-state index contributed by atoms with van der Waals surface area (Å²) in [5.74, 6) is 1.34. The summed E-state index contributed by atoms with van der Waals surface area (Å²) in [6, 6.07) is 5.59. The molecular weight excluding hydrogens is 242 g/mol. The van der Waals surface area contributed by atoms with E-state index in [2.05, 4.69) is 0 Å². The van der Waals surface area contributed by atoms with Crippen molar-refractivity contribution in [3.05, 3.63) is 23.8 Å². The van der Waals surface area contributed by atoms with Gasteiger partial charge in [-0.2, -0.15) is 0 Å². The number of rotatable bonds is 4. The molecule has 4 nitrogen and oxygen atoms in total. The van der Waals surface area contributed by atoms with Gasteiger partial charge in [0.15, 0.2) is 17.3 Å². The summed E-state index contributed by atoms with van der Waals surface area (Å²) >= 11 is 0. The van der Waals surface area contributed by atoms with Gasteiger partial charge in [0.1, 0.15) is 0 Å². The van der Waals surface area contributed by atoms with Crippen molar-refractivity contribution >= 4 is 5.78 Å². The lowest BCUT2D eigenvalue weighted by Gasteiger charge is -2.27. The van der Waals surface area contributed by atoms with Gasteiger partial charge in [0.05, 0.1) is 13.2 Å². The highest BCUT2D eigenvalue weighted by Crippen LogP contribution is 2.31. The predicted octanol–water partition coefficient (Wildman–Crippen LogP) is 2.55. The van der Waals surface area contributed by atoms with Crippen LogP contribution in [-0.4, -0.2) is 25.0 Å². The Bertz CT molecular complexity index is 451. The van der Waals surface area contributed by atoms with Crippen molar-refractivity contribution in [1.82, 2.24) is 0 Å². The number of benzene rings is 1. The second-order valence-electron chi connectivity index (χ2n) is 5.08. The van der Waals surface area contributed by atoms with Gasteiger partial charge >= 0.3 is 0 Å². The molecule has 1 fully saturated rings. The summed E-state index contributed by atoms with van der Waals surface area (Å²) in [5, 5.41) is 0. The van der Waals surface area contributed by atoms with Crippen LogP contribution in [0.3, 0.4) is 0 Å². The molecule has 0 spiro atoms. The van der Waals surface area contributed by atoms with Crippen LogP contribution >= 0.6 is 0 Å². The first-order valence-electron chi connectivity index (χ1n) is 6.71. The second kappa shape index (κ2) is 6.06. The van der Waals surface area contributed by atoms with E-state index >= 15 is 0 Å². The molecule has 104 valence electrons. The summed E-state index contributed by atoms with van der Waals surface area (Å²) in [4.78, 5) is 11.4. The Labute approximate surface area is 113 Å². The third kappa shape index (κ3) is 3.47. The van der Waals surface area contributed by atoms with Crippen molar-refractivity contribution in [3.63, 3.8) is 0 Å². The van der Waals surface area contributed by atoms with E-state index in [1.807, 2.05) is 0 Å². The monoisotopic (exact) mass is 263 g/mol. The molecule has 2 N–H and O–H groups in total. The maximum Gasteiger partial charge on any atom is 0.162 e. The maximum absolute atomic E-state index is 11.4. The number of ketones is 1. The lowest BCUT2D eigenvalue weighted by atomic mass is 9.93. The van der Waals surface area contributed by atoms with Crippen LogP contribution in [0.25, 0.3) is 0 Å². The van der Waals surface area contributed by atoms with E-state index in [1.165, 1.54) is 0 Å². The molecule has 1 aromatic rings. The number of hydrogen-bond acceptors (Lipinski definition) is 4. The fourth-order valence-electron chi connectivity index (χ4n) is 2.37. The molecule has 0 atom stereocenters. The largest absolute Gasteiger partial charge is 0.493 e. The fraction of sp³-hybridized carbons (Fsp3) is 0.533. The highest BCUT2D eigenvalue weighted by Gasteiger charge is 2.21. The van der Waals surface area contributed by atoms with Gasteiger partial charge in [0.2, 0.25) is 0 Å². The van der Waals surface area contributed by atoms with Crippen LogP contribution < -0.4 is 15.2 Å². The second-order valence-corrected chi connectivity index (χ2v) is 5.08. The average molecular weight is 263 g/mol. The molecule has 0 heterocycles. The number of Topliss-reactive ketones (excluding diaryl/α,β-unsaturated/α-hetero) is 1. The zero-order valence-corrected chi connectivity index (χ0v) is 11.5. The van der Waals surface area contributed by atoms with Gasteiger partial charge in [0, 0.05) is 11.6 Å². The van der Waals surface area contributed by atoms with Gasteiger partial charge < -0.3 is 15.2 Å². The first-order chi connectivity index (χ1) is 9.10. The standard InChI is InChI=1S/C15H21NO3/c1-10(17)11-3-8-14(18-2)15(9-11)19-13-6-4-12(16)5-7-13/h3,8-9,12-13H,4-7,16H2,1-2H3. The van der Waals surface area contributed by atoms with Gasteiger partial charge in [0.25, 0.3) is 0 Å². The molecule has 0 amide bonds. The van der Waals surface area contributed by atoms with Crippen LogP contribution in [0.15, 0.2) is 18.2 Å². The van der Waals surface area contributed by atoms with Gasteiger partial charge in [-0.3, -0.25) is 4.79 Å². The summed E-state index contributed by atoms with van der Waals surface area (Å²) in [6.07, 6.45) is 4.04. The van der Waals surface area contributed by atoms with E-state index in [4.69, 9.17) is 15.2 Å². The number of carbonyl (C=O) groups is 1. The topological polar surface area (TPSA) is 61.5 Å². The zero-order chi connectivity index (χ0) is 13.8. The smallest absolute Gasteiger partial charge is 0.162 e. The third-order valence-electron chi connectivity index (χ3n) is 3.58. The minimum Gasteiger partial charge on any atom is -0.493 e. The minimum atomic E-state index is 0.0261. The van der Waals surface area contributed by atoms with Crippen LogP contribution in [0.1, 0.15) is 43.0 Å². The molecule has 0 bridgehead atoms. The number of ether oxygens (including phenoxy) is 2. The van der Waals surface area contributed by atoms with Crippen molar-refractivity contribution in [2.75, 3.05) is 7.11 Å². The molecule has 0 aliphatic heterocycles. The normalized spacial score (nSPS) is 22.9. The molecule has 1 aliphatic rings. The molecule has 1 aliphatic carbocycles. The molecule has 0 radical (unpaired) electrons. The molecule has 1 saturated carbocycles. The fourth-order valence-corrected chi connectivity index (χ4v) is 2.37. The van der Waals surface area contributed by atoms with Gasteiger partial charge in [-0.25, -0.2) is 0 Å². The van der Waals surface area contributed by atoms with Crippen molar-refractivity contribution in [3.8, 4) is 11.5 Å². The highest BCUT2D eigenvalue weighted by molar-refractivity contribution is 5.94. The van der Waals surface area contributed by atoms with Gasteiger partial charge in [-0.05, 0) is 50.8 Å². The van der Waals surface area contributed by atoms with E-state index in [0.29, 0.717) is 23.1 Å². The van der Waals surface area contributed by atoms with E-state index in [9.17, 15) is 4.79 Å². The lowest BCUT2D eigenvalue weighted by molar-refractivity contribution is 0.101. The Morgan fingerprint density at radius 3 is 2.47 bits per heavy atom. The Kier molecular flexibility index (Phi) is 4.43. The maximum atomic E-state index is 11.4. The number of nitrogens with two attached hydrogens (primary N) is 1. The molecule has 4 heteroatoms. The Morgan fingerprint density at radius 1 is 1.21 bits per heavy atom. The Morgan fingerprint density at radius 2 is 1.89 bits per heavy atom.